The molecule has 180 valence electrons. The minimum absolute atomic E-state index is 0.0490. The van der Waals surface area contributed by atoms with E-state index in [9.17, 15) is 14.3 Å². The third-order valence-corrected chi connectivity index (χ3v) is 7.60. The summed E-state index contributed by atoms with van der Waals surface area (Å²) in [5.41, 5.74) is 5.49. The summed E-state index contributed by atoms with van der Waals surface area (Å²) in [7, 11) is 0. The molecule has 7 heteroatoms. The maximum atomic E-state index is 14.3. The van der Waals surface area contributed by atoms with E-state index >= 15 is 0 Å². The van der Waals surface area contributed by atoms with E-state index < -0.39 is 6.04 Å². The molecule has 2 heterocycles. The summed E-state index contributed by atoms with van der Waals surface area (Å²) in [4.78, 5) is 19.3. The summed E-state index contributed by atoms with van der Waals surface area (Å²) in [6.45, 7) is 2.26. The lowest BCUT2D eigenvalue weighted by atomic mass is 9.83. The minimum Gasteiger partial charge on any atom is -0.504 e. The van der Waals surface area contributed by atoms with Crippen molar-refractivity contribution in [3.05, 3.63) is 120 Å². The van der Waals surface area contributed by atoms with Gasteiger partial charge in [0.15, 0.2) is 16.3 Å². The van der Waals surface area contributed by atoms with Gasteiger partial charge in [0.05, 0.1) is 22.9 Å². The van der Waals surface area contributed by atoms with Crippen molar-refractivity contribution >= 4 is 23.1 Å². The number of aryl methyl sites for hydroxylation is 1. The van der Waals surface area contributed by atoms with Crippen LogP contribution in [0, 0.1) is 5.82 Å². The maximum Gasteiger partial charge on any atom is 0.271 e. The molecular formula is C29H23FN2O3S. The number of phenolic OH excluding ortho intramolecular Hbond substituents is 1. The Labute approximate surface area is 210 Å². The third kappa shape index (κ3) is 3.76. The van der Waals surface area contributed by atoms with Gasteiger partial charge in [-0.2, -0.15) is 0 Å². The number of hydrogen-bond donors (Lipinski definition) is 1. The lowest BCUT2D eigenvalue weighted by Crippen LogP contribution is -2.38. The average Bonchev–Trinajstić information content (AvgIpc) is 3.19. The second-order valence-corrected chi connectivity index (χ2v) is 9.84. The molecular weight excluding hydrogens is 475 g/mol. The number of thiazole rings is 1. The first kappa shape index (κ1) is 22.5. The van der Waals surface area contributed by atoms with Gasteiger partial charge in [0.25, 0.3) is 5.56 Å². The molecule has 0 amide bonds. The standard InChI is InChI=1S/C29H23FN2O3S/c1-2-35-24-14-17(10-13-23(24)33)15-25-28(34)32-27(19-7-5-8-20(30)16-19)22-12-11-18-6-3-4-9-21(18)26(22)31-29(32)36-25/h3-10,13-16,27,33H,2,11-12H2,1H3/b25-15-. The first-order chi connectivity index (χ1) is 17.5. The fraction of sp³-hybridized carbons (Fsp3) is 0.172. The van der Waals surface area contributed by atoms with Gasteiger partial charge in [-0.3, -0.25) is 9.36 Å². The second-order valence-electron chi connectivity index (χ2n) is 8.83. The van der Waals surface area contributed by atoms with Gasteiger partial charge >= 0.3 is 0 Å². The fourth-order valence-corrected chi connectivity index (χ4v) is 6.04. The Morgan fingerprint density at radius 2 is 2.00 bits per heavy atom. The van der Waals surface area contributed by atoms with Crippen molar-refractivity contribution in [3.63, 3.8) is 0 Å². The summed E-state index contributed by atoms with van der Waals surface area (Å²) in [5.74, 6) is 0.0779. The number of aromatic hydroxyl groups is 1. The Bertz CT molecular complexity index is 1720. The number of hydrogen-bond acceptors (Lipinski definition) is 5. The maximum absolute atomic E-state index is 14.3. The molecule has 36 heavy (non-hydrogen) atoms. The SMILES string of the molecule is CCOc1cc(/C=c2\sc3n(c2=O)C(c2cccc(F)c2)C2=C(N=3)c3ccccc3CC2)ccc1O. The number of halogens is 1. The molecule has 0 spiro atoms. The molecule has 1 aromatic heterocycles. The summed E-state index contributed by atoms with van der Waals surface area (Å²) < 4.78 is 22.0. The van der Waals surface area contributed by atoms with Crippen LogP contribution in [0.5, 0.6) is 11.5 Å². The van der Waals surface area contributed by atoms with Gasteiger partial charge in [-0.15, -0.1) is 0 Å². The lowest BCUT2D eigenvalue weighted by molar-refractivity contribution is 0.318. The van der Waals surface area contributed by atoms with Crippen LogP contribution in [0.25, 0.3) is 11.8 Å². The average molecular weight is 499 g/mol. The van der Waals surface area contributed by atoms with E-state index in [-0.39, 0.29) is 17.1 Å². The molecule has 2 aliphatic rings. The fourth-order valence-electron chi connectivity index (χ4n) is 5.04. The number of nitrogens with zero attached hydrogens (tertiary/aromatic N) is 2. The number of aromatic nitrogens is 1. The van der Waals surface area contributed by atoms with Crippen LogP contribution in [0.15, 0.2) is 82.1 Å². The summed E-state index contributed by atoms with van der Waals surface area (Å²) in [5, 5.41) is 10.0. The topological polar surface area (TPSA) is 63.8 Å². The Hall–Kier alpha value is -3.97. The molecule has 1 atom stereocenters. The molecule has 3 aromatic carbocycles. The molecule has 1 aliphatic heterocycles. The van der Waals surface area contributed by atoms with Crippen LogP contribution in [-0.4, -0.2) is 16.3 Å². The van der Waals surface area contributed by atoms with E-state index in [2.05, 4.69) is 12.1 Å². The molecule has 6 rings (SSSR count). The predicted octanol–water partition coefficient (Wildman–Crippen LogP) is 4.56. The molecule has 1 N–H and O–H groups in total. The largest absolute Gasteiger partial charge is 0.504 e. The van der Waals surface area contributed by atoms with Crippen molar-refractivity contribution in [1.29, 1.82) is 0 Å². The van der Waals surface area contributed by atoms with Gasteiger partial charge in [-0.05, 0) is 72.4 Å². The smallest absolute Gasteiger partial charge is 0.271 e. The van der Waals surface area contributed by atoms with Crippen molar-refractivity contribution in [2.45, 2.75) is 25.8 Å². The minimum atomic E-state index is -0.429. The Morgan fingerprint density at radius 3 is 2.83 bits per heavy atom. The van der Waals surface area contributed by atoms with E-state index in [0.29, 0.717) is 21.7 Å². The predicted molar refractivity (Wildman–Crippen MR) is 138 cm³/mol. The van der Waals surface area contributed by atoms with Crippen LogP contribution < -0.4 is 19.6 Å². The molecule has 1 unspecified atom stereocenters. The first-order valence-corrected chi connectivity index (χ1v) is 12.7. The van der Waals surface area contributed by atoms with Gasteiger partial charge in [-0.1, -0.05) is 53.8 Å². The highest BCUT2D eigenvalue weighted by molar-refractivity contribution is 7.07. The second kappa shape index (κ2) is 8.91. The van der Waals surface area contributed by atoms with Crippen LogP contribution in [0.2, 0.25) is 0 Å². The van der Waals surface area contributed by atoms with E-state index in [1.165, 1.54) is 29.0 Å². The molecule has 0 radical (unpaired) electrons. The van der Waals surface area contributed by atoms with Crippen molar-refractivity contribution in [2.75, 3.05) is 6.61 Å². The van der Waals surface area contributed by atoms with Gasteiger partial charge in [0.1, 0.15) is 5.82 Å². The molecule has 5 nitrogen and oxygen atoms in total. The lowest BCUT2D eigenvalue weighted by Gasteiger charge is -2.30. The molecule has 1 aliphatic carbocycles. The van der Waals surface area contributed by atoms with Gasteiger partial charge < -0.3 is 9.84 Å². The summed E-state index contributed by atoms with van der Waals surface area (Å²) >= 11 is 1.31. The molecule has 0 saturated heterocycles. The Morgan fingerprint density at radius 1 is 1.14 bits per heavy atom. The number of phenols is 1. The number of benzene rings is 3. The molecule has 0 saturated carbocycles. The molecule has 4 aromatic rings. The zero-order valence-electron chi connectivity index (χ0n) is 19.6. The van der Waals surface area contributed by atoms with E-state index in [0.717, 1.165) is 40.8 Å². The van der Waals surface area contributed by atoms with Crippen molar-refractivity contribution < 1.29 is 14.2 Å². The third-order valence-electron chi connectivity index (χ3n) is 6.62. The van der Waals surface area contributed by atoms with Gasteiger partial charge in [-0.25, -0.2) is 9.38 Å². The van der Waals surface area contributed by atoms with E-state index in [4.69, 9.17) is 9.73 Å². The van der Waals surface area contributed by atoms with Crippen LogP contribution in [-0.2, 0) is 6.42 Å². The highest BCUT2D eigenvalue weighted by Gasteiger charge is 2.32. The van der Waals surface area contributed by atoms with Crippen LogP contribution in [0.3, 0.4) is 0 Å². The van der Waals surface area contributed by atoms with Crippen molar-refractivity contribution in [2.24, 2.45) is 4.99 Å². The monoisotopic (exact) mass is 498 g/mol. The van der Waals surface area contributed by atoms with Crippen molar-refractivity contribution in [1.82, 2.24) is 4.57 Å². The van der Waals surface area contributed by atoms with Crippen LogP contribution in [0.1, 0.15) is 41.6 Å². The van der Waals surface area contributed by atoms with E-state index in [1.807, 2.05) is 25.1 Å². The zero-order chi connectivity index (χ0) is 24.8. The van der Waals surface area contributed by atoms with Crippen LogP contribution in [0.4, 0.5) is 4.39 Å². The number of fused-ring (bicyclic) bond motifs is 3. The van der Waals surface area contributed by atoms with Crippen molar-refractivity contribution in [3.8, 4) is 11.5 Å². The van der Waals surface area contributed by atoms with E-state index in [1.54, 1.807) is 34.9 Å². The summed E-state index contributed by atoms with van der Waals surface area (Å²) in [6.07, 6.45) is 3.37. The van der Waals surface area contributed by atoms with Crippen LogP contribution >= 0.6 is 11.3 Å². The highest BCUT2D eigenvalue weighted by atomic mass is 32.1. The van der Waals surface area contributed by atoms with Gasteiger partial charge in [0.2, 0.25) is 0 Å². The molecule has 0 bridgehead atoms. The quantitative estimate of drug-likeness (QED) is 0.449. The summed E-state index contributed by atoms with van der Waals surface area (Å²) in [6, 6.07) is 19.3. The number of rotatable bonds is 4. The first-order valence-electron chi connectivity index (χ1n) is 11.9. The Kier molecular flexibility index (Phi) is 5.57. The number of ether oxygens (including phenoxy) is 1. The zero-order valence-corrected chi connectivity index (χ0v) is 20.4. The Balaban J connectivity index is 1.59. The highest BCUT2D eigenvalue weighted by Crippen LogP contribution is 2.41. The normalized spacial score (nSPS) is 16.7. The van der Waals surface area contributed by atoms with Gasteiger partial charge in [0, 0.05) is 5.56 Å². The number of allylic oxidation sites excluding steroid dienone is 1. The molecule has 0 fully saturated rings.